The molecular formula is C16H20BrN3O3. The number of nitro benzene ring substituents is 1. The molecule has 124 valence electrons. The van der Waals surface area contributed by atoms with Crippen molar-refractivity contribution in [2.75, 3.05) is 24.5 Å². The Morgan fingerprint density at radius 2 is 1.91 bits per heavy atom. The minimum Gasteiger partial charge on any atom is -0.366 e. The zero-order valence-corrected chi connectivity index (χ0v) is 14.5. The molecule has 1 aromatic carbocycles. The van der Waals surface area contributed by atoms with Crippen LogP contribution in [-0.2, 0) is 4.79 Å². The number of nitrogens with zero attached hydrogens (tertiary/aromatic N) is 3. The first-order valence-corrected chi connectivity index (χ1v) is 8.84. The van der Waals surface area contributed by atoms with Crippen LogP contribution >= 0.6 is 15.9 Å². The summed E-state index contributed by atoms with van der Waals surface area (Å²) in [7, 11) is 0. The minimum absolute atomic E-state index is 0.140. The normalized spacial score (nSPS) is 20.0. The summed E-state index contributed by atoms with van der Waals surface area (Å²) in [6.07, 6.45) is 4.49. The molecule has 1 amide bonds. The molecule has 1 aromatic rings. The molecule has 2 saturated heterocycles. The topological polar surface area (TPSA) is 66.7 Å². The molecule has 0 bridgehead atoms. The number of hydrogen-bond donors (Lipinski definition) is 0. The van der Waals surface area contributed by atoms with Gasteiger partial charge < -0.3 is 9.80 Å². The number of benzene rings is 1. The number of carbonyl (C=O) groups excluding carboxylic acids is 1. The number of carbonyl (C=O) groups is 1. The molecule has 0 aliphatic carbocycles. The third kappa shape index (κ3) is 3.49. The second-order valence-electron chi connectivity index (χ2n) is 6.15. The van der Waals surface area contributed by atoms with E-state index in [4.69, 9.17) is 0 Å². The molecule has 7 heteroatoms. The van der Waals surface area contributed by atoms with E-state index in [0.717, 1.165) is 49.8 Å². The predicted molar refractivity (Wildman–Crippen MR) is 91.6 cm³/mol. The number of nitro groups is 1. The van der Waals surface area contributed by atoms with E-state index in [1.54, 1.807) is 12.1 Å². The molecular weight excluding hydrogens is 362 g/mol. The van der Waals surface area contributed by atoms with Gasteiger partial charge in [-0.25, -0.2) is 0 Å². The lowest BCUT2D eigenvalue weighted by molar-refractivity contribution is -0.384. The molecule has 2 aliphatic heterocycles. The van der Waals surface area contributed by atoms with Gasteiger partial charge in [-0.1, -0.05) is 15.9 Å². The van der Waals surface area contributed by atoms with Crippen molar-refractivity contribution in [1.82, 2.24) is 4.90 Å². The molecule has 0 atom stereocenters. The van der Waals surface area contributed by atoms with Crippen molar-refractivity contribution < 1.29 is 9.72 Å². The lowest BCUT2D eigenvalue weighted by atomic mass is 9.99. The highest BCUT2D eigenvalue weighted by atomic mass is 79.9. The van der Waals surface area contributed by atoms with Crippen LogP contribution in [0.2, 0.25) is 0 Å². The summed E-state index contributed by atoms with van der Waals surface area (Å²) in [5.41, 5.74) is 0.800. The highest BCUT2D eigenvalue weighted by Gasteiger charge is 2.31. The van der Waals surface area contributed by atoms with E-state index >= 15 is 0 Å². The van der Waals surface area contributed by atoms with Crippen LogP contribution in [0.1, 0.15) is 32.1 Å². The molecule has 2 aliphatic rings. The van der Waals surface area contributed by atoms with Gasteiger partial charge in [0, 0.05) is 42.6 Å². The fraction of sp³-hybridized carbons (Fsp3) is 0.562. The molecule has 6 nitrogen and oxygen atoms in total. The summed E-state index contributed by atoms with van der Waals surface area (Å²) in [5.74, 6) is 0.267. The molecule has 0 N–H and O–H groups in total. The number of likely N-dealkylation sites (tertiary alicyclic amines) is 1. The third-order valence-corrected chi connectivity index (χ3v) is 5.23. The van der Waals surface area contributed by atoms with E-state index in [-0.39, 0.29) is 22.6 Å². The number of amides is 1. The van der Waals surface area contributed by atoms with Gasteiger partial charge >= 0.3 is 0 Å². The molecule has 3 rings (SSSR count). The average molecular weight is 382 g/mol. The van der Waals surface area contributed by atoms with Crippen LogP contribution in [0.4, 0.5) is 11.4 Å². The molecule has 0 radical (unpaired) electrons. The van der Waals surface area contributed by atoms with E-state index in [1.165, 1.54) is 0 Å². The summed E-state index contributed by atoms with van der Waals surface area (Å²) in [6, 6.07) is 5.33. The van der Waals surface area contributed by atoms with Gasteiger partial charge in [0.25, 0.3) is 5.69 Å². The van der Waals surface area contributed by atoms with E-state index in [2.05, 4.69) is 20.8 Å². The van der Waals surface area contributed by atoms with Gasteiger partial charge in [0.2, 0.25) is 5.91 Å². The maximum Gasteiger partial charge on any atom is 0.292 e. The number of rotatable bonds is 3. The van der Waals surface area contributed by atoms with E-state index in [0.29, 0.717) is 12.1 Å². The van der Waals surface area contributed by atoms with Gasteiger partial charge in [0.15, 0.2) is 0 Å². The fourth-order valence-corrected chi connectivity index (χ4v) is 3.88. The largest absolute Gasteiger partial charge is 0.366 e. The first-order chi connectivity index (χ1) is 11.1. The quantitative estimate of drug-likeness (QED) is 0.594. The summed E-state index contributed by atoms with van der Waals surface area (Å²) in [4.78, 5) is 27.0. The van der Waals surface area contributed by atoms with Crippen molar-refractivity contribution in [1.29, 1.82) is 0 Å². The van der Waals surface area contributed by atoms with Gasteiger partial charge in [-0.3, -0.25) is 14.9 Å². The van der Waals surface area contributed by atoms with Crippen LogP contribution in [0, 0.1) is 10.1 Å². The third-order valence-electron chi connectivity index (χ3n) is 4.74. The molecule has 2 heterocycles. The van der Waals surface area contributed by atoms with Crippen molar-refractivity contribution in [2.45, 2.75) is 38.1 Å². The van der Waals surface area contributed by atoms with Crippen LogP contribution in [0.3, 0.4) is 0 Å². The molecule has 2 fully saturated rings. The molecule has 0 saturated carbocycles. The zero-order valence-electron chi connectivity index (χ0n) is 12.9. The Bertz CT molecular complexity index is 615. The maximum absolute atomic E-state index is 12.0. The van der Waals surface area contributed by atoms with Crippen LogP contribution < -0.4 is 4.90 Å². The highest BCUT2D eigenvalue weighted by Crippen LogP contribution is 2.34. The van der Waals surface area contributed by atoms with Crippen molar-refractivity contribution in [3.63, 3.8) is 0 Å². The van der Waals surface area contributed by atoms with E-state index in [1.807, 2.05) is 11.0 Å². The van der Waals surface area contributed by atoms with Gasteiger partial charge in [-0.05, 0) is 37.8 Å². The summed E-state index contributed by atoms with van der Waals surface area (Å²) in [6.45, 7) is 2.35. The maximum atomic E-state index is 12.0. The zero-order chi connectivity index (χ0) is 16.4. The first-order valence-electron chi connectivity index (χ1n) is 8.04. The Hall–Kier alpha value is -1.63. The minimum atomic E-state index is -0.331. The smallest absolute Gasteiger partial charge is 0.292 e. The summed E-state index contributed by atoms with van der Waals surface area (Å²) >= 11 is 3.39. The summed E-state index contributed by atoms with van der Waals surface area (Å²) < 4.78 is 0.839. The van der Waals surface area contributed by atoms with Crippen molar-refractivity contribution >= 4 is 33.2 Å². The monoisotopic (exact) mass is 381 g/mol. The van der Waals surface area contributed by atoms with Crippen LogP contribution in [0.15, 0.2) is 22.7 Å². The average Bonchev–Trinajstić information content (AvgIpc) is 2.55. The van der Waals surface area contributed by atoms with E-state index < -0.39 is 0 Å². The lowest BCUT2D eigenvalue weighted by Crippen LogP contribution is -2.49. The number of piperidine rings is 2. The molecule has 0 aromatic heterocycles. The Morgan fingerprint density at radius 1 is 1.17 bits per heavy atom. The highest BCUT2D eigenvalue weighted by molar-refractivity contribution is 9.10. The van der Waals surface area contributed by atoms with Crippen molar-refractivity contribution in [3.8, 4) is 0 Å². The van der Waals surface area contributed by atoms with Crippen molar-refractivity contribution in [2.24, 2.45) is 0 Å². The SMILES string of the molecule is O=C1CCCCN1C1CCN(c2cc(Br)ccc2[N+](=O)[O-])CC1. The number of hydrogen-bond acceptors (Lipinski definition) is 4. The fourth-order valence-electron chi connectivity index (χ4n) is 3.54. The standard InChI is InChI=1S/C16H20BrN3O3/c17-12-4-5-14(20(22)23)15(11-12)18-9-6-13(7-10-18)19-8-2-1-3-16(19)21/h4-5,11,13H,1-3,6-10H2. The second-order valence-corrected chi connectivity index (χ2v) is 7.07. The van der Waals surface area contributed by atoms with Gasteiger partial charge in [0.05, 0.1) is 4.92 Å². The Morgan fingerprint density at radius 3 is 2.57 bits per heavy atom. The van der Waals surface area contributed by atoms with Crippen molar-refractivity contribution in [3.05, 3.63) is 32.8 Å². The van der Waals surface area contributed by atoms with Crippen LogP contribution in [-0.4, -0.2) is 41.4 Å². The van der Waals surface area contributed by atoms with Crippen LogP contribution in [0.25, 0.3) is 0 Å². The lowest BCUT2D eigenvalue weighted by Gasteiger charge is -2.40. The molecule has 0 spiro atoms. The van der Waals surface area contributed by atoms with Gasteiger partial charge in [-0.2, -0.15) is 0 Å². The molecule has 23 heavy (non-hydrogen) atoms. The van der Waals surface area contributed by atoms with Gasteiger partial charge in [-0.15, -0.1) is 0 Å². The molecule has 0 unspecified atom stereocenters. The Kier molecular flexibility index (Phi) is 4.84. The Balaban J connectivity index is 1.70. The predicted octanol–water partition coefficient (Wildman–Crippen LogP) is 3.34. The summed E-state index contributed by atoms with van der Waals surface area (Å²) in [5, 5.41) is 11.2. The number of anilines is 1. The number of halogens is 1. The Labute approximate surface area is 143 Å². The van der Waals surface area contributed by atoms with E-state index in [9.17, 15) is 14.9 Å². The second kappa shape index (κ2) is 6.86. The first kappa shape index (κ1) is 16.2. The van der Waals surface area contributed by atoms with Crippen LogP contribution in [0.5, 0.6) is 0 Å². The van der Waals surface area contributed by atoms with Gasteiger partial charge in [0.1, 0.15) is 5.69 Å².